The van der Waals surface area contributed by atoms with Crippen molar-refractivity contribution in [3.05, 3.63) is 0 Å². The molecule has 90 valence electrons. The van der Waals surface area contributed by atoms with E-state index < -0.39 is 11.6 Å². The number of carbonyl (C=O) groups excluding carboxylic acids is 1. The fraction of sp³-hybridized carbons (Fsp3) is 0.800. The van der Waals surface area contributed by atoms with Gasteiger partial charge in [-0.15, -0.1) is 0 Å². The Labute approximate surface area is 93.6 Å². The zero-order valence-corrected chi connectivity index (χ0v) is 9.23. The highest BCUT2D eigenvalue weighted by molar-refractivity contribution is 5.76. The summed E-state index contributed by atoms with van der Waals surface area (Å²) < 4.78 is 5.21. The number of carbonyl (C=O) groups is 2. The molecule has 0 atom stereocenters. The summed E-state index contributed by atoms with van der Waals surface area (Å²) in [5.41, 5.74) is -0.501. The number of hydrogen-bond acceptors (Lipinski definition) is 3. The summed E-state index contributed by atoms with van der Waals surface area (Å²) in [4.78, 5) is 23.5. The third-order valence-electron chi connectivity index (χ3n) is 2.79. The Morgan fingerprint density at radius 2 is 2.12 bits per heavy atom. The Morgan fingerprint density at radius 1 is 1.50 bits per heavy atom. The number of nitrogens with zero attached hydrogens (tertiary/aromatic N) is 1. The SMILES string of the molecule is CC1(OCC(=O)O)CN(C(=O)NC2CC2)C1. The maximum absolute atomic E-state index is 11.5. The van der Waals surface area contributed by atoms with E-state index in [4.69, 9.17) is 9.84 Å². The quantitative estimate of drug-likeness (QED) is 0.711. The summed E-state index contributed by atoms with van der Waals surface area (Å²) in [6.07, 6.45) is 2.12. The molecule has 0 bridgehead atoms. The predicted octanol–water partition coefficient (Wildman–Crippen LogP) is 0.0339. The van der Waals surface area contributed by atoms with Crippen molar-refractivity contribution in [1.29, 1.82) is 0 Å². The first-order valence-electron chi connectivity index (χ1n) is 5.40. The summed E-state index contributed by atoms with van der Waals surface area (Å²) in [7, 11) is 0. The molecule has 0 radical (unpaired) electrons. The number of nitrogens with one attached hydrogen (secondary N) is 1. The summed E-state index contributed by atoms with van der Waals surface area (Å²) in [5, 5.41) is 11.4. The van der Waals surface area contributed by atoms with Crippen LogP contribution in [-0.2, 0) is 9.53 Å². The van der Waals surface area contributed by atoms with E-state index in [1.54, 1.807) is 4.90 Å². The lowest BCUT2D eigenvalue weighted by Crippen LogP contribution is -2.65. The molecule has 1 saturated carbocycles. The first-order valence-corrected chi connectivity index (χ1v) is 5.40. The molecule has 2 fully saturated rings. The molecule has 0 spiro atoms. The fourth-order valence-electron chi connectivity index (χ4n) is 1.73. The van der Waals surface area contributed by atoms with Crippen LogP contribution >= 0.6 is 0 Å². The number of aliphatic carboxylic acids is 1. The number of likely N-dealkylation sites (tertiary alicyclic amines) is 1. The molecule has 1 aliphatic heterocycles. The molecule has 1 saturated heterocycles. The first kappa shape index (κ1) is 11.2. The van der Waals surface area contributed by atoms with Gasteiger partial charge in [0.2, 0.25) is 0 Å². The van der Waals surface area contributed by atoms with Gasteiger partial charge in [-0.25, -0.2) is 9.59 Å². The predicted molar refractivity (Wildman–Crippen MR) is 55.1 cm³/mol. The third kappa shape index (κ3) is 2.63. The minimum absolute atomic E-state index is 0.0705. The van der Waals surface area contributed by atoms with Crippen molar-refractivity contribution in [3.8, 4) is 0 Å². The van der Waals surface area contributed by atoms with Crippen LogP contribution in [0.4, 0.5) is 4.79 Å². The Balaban J connectivity index is 1.70. The molecule has 6 nitrogen and oxygen atoms in total. The number of hydrogen-bond donors (Lipinski definition) is 2. The maximum atomic E-state index is 11.5. The van der Waals surface area contributed by atoms with Gasteiger partial charge in [0.25, 0.3) is 0 Å². The molecule has 0 aromatic rings. The number of ether oxygens (including phenoxy) is 1. The van der Waals surface area contributed by atoms with Crippen molar-refractivity contribution in [1.82, 2.24) is 10.2 Å². The average Bonchev–Trinajstić information content (AvgIpc) is 2.94. The Morgan fingerprint density at radius 3 is 2.62 bits per heavy atom. The van der Waals surface area contributed by atoms with E-state index in [0.717, 1.165) is 12.8 Å². The minimum atomic E-state index is -0.984. The Bertz CT molecular complexity index is 308. The van der Waals surface area contributed by atoms with Crippen molar-refractivity contribution in [2.24, 2.45) is 0 Å². The molecule has 1 heterocycles. The normalized spacial score (nSPS) is 22.4. The molecule has 0 aromatic carbocycles. The molecular weight excluding hydrogens is 212 g/mol. The molecule has 2 N–H and O–H groups in total. The molecule has 0 aromatic heterocycles. The summed E-state index contributed by atoms with van der Waals surface area (Å²) in [5.74, 6) is -0.984. The van der Waals surface area contributed by atoms with Gasteiger partial charge in [-0.1, -0.05) is 0 Å². The van der Waals surface area contributed by atoms with Crippen LogP contribution in [-0.4, -0.2) is 53.3 Å². The first-order chi connectivity index (χ1) is 7.48. The zero-order chi connectivity index (χ0) is 11.8. The minimum Gasteiger partial charge on any atom is -0.480 e. The van der Waals surface area contributed by atoms with E-state index in [0.29, 0.717) is 19.1 Å². The van der Waals surface area contributed by atoms with Gasteiger partial charge >= 0.3 is 12.0 Å². The van der Waals surface area contributed by atoms with Crippen LogP contribution in [0.1, 0.15) is 19.8 Å². The van der Waals surface area contributed by atoms with Crippen molar-refractivity contribution >= 4 is 12.0 Å². The van der Waals surface area contributed by atoms with Crippen molar-refractivity contribution in [2.75, 3.05) is 19.7 Å². The van der Waals surface area contributed by atoms with Crippen LogP contribution in [0.25, 0.3) is 0 Å². The van der Waals surface area contributed by atoms with Gasteiger partial charge in [-0.3, -0.25) is 0 Å². The van der Waals surface area contributed by atoms with Gasteiger partial charge in [-0.2, -0.15) is 0 Å². The largest absolute Gasteiger partial charge is 0.480 e. The van der Waals surface area contributed by atoms with Gasteiger partial charge in [0.15, 0.2) is 0 Å². The van der Waals surface area contributed by atoms with Gasteiger partial charge in [0.05, 0.1) is 13.1 Å². The van der Waals surface area contributed by atoms with Crippen molar-refractivity contribution in [2.45, 2.75) is 31.4 Å². The number of carboxylic acid groups (broad SMARTS) is 1. The van der Waals surface area contributed by atoms with Crippen LogP contribution < -0.4 is 5.32 Å². The van der Waals surface area contributed by atoms with Gasteiger partial charge < -0.3 is 20.1 Å². The van der Waals surface area contributed by atoms with Crippen LogP contribution in [0, 0.1) is 0 Å². The topological polar surface area (TPSA) is 78.9 Å². The highest BCUT2D eigenvalue weighted by Crippen LogP contribution is 2.26. The molecule has 0 unspecified atom stereocenters. The highest BCUT2D eigenvalue weighted by Gasteiger charge is 2.43. The molecule has 2 rings (SSSR count). The van der Waals surface area contributed by atoms with E-state index in [-0.39, 0.29) is 12.6 Å². The maximum Gasteiger partial charge on any atom is 0.329 e. The Hall–Kier alpha value is -1.30. The van der Waals surface area contributed by atoms with E-state index in [1.165, 1.54) is 0 Å². The molecule has 16 heavy (non-hydrogen) atoms. The van der Waals surface area contributed by atoms with Crippen LogP contribution in [0.3, 0.4) is 0 Å². The molecule has 2 amide bonds. The summed E-state index contributed by atoms with van der Waals surface area (Å²) in [6, 6.07) is 0.276. The van der Waals surface area contributed by atoms with Crippen LogP contribution in [0.2, 0.25) is 0 Å². The zero-order valence-electron chi connectivity index (χ0n) is 9.23. The molecular formula is C10H16N2O4. The van der Waals surface area contributed by atoms with Crippen molar-refractivity contribution in [3.63, 3.8) is 0 Å². The van der Waals surface area contributed by atoms with E-state index in [2.05, 4.69) is 5.32 Å². The number of rotatable bonds is 4. The molecule has 6 heteroatoms. The van der Waals surface area contributed by atoms with E-state index in [1.807, 2.05) is 6.92 Å². The number of amides is 2. The van der Waals surface area contributed by atoms with Crippen LogP contribution in [0.15, 0.2) is 0 Å². The third-order valence-corrected chi connectivity index (χ3v) is 2.79. The second kappa shape index (κ2) is 3.93. The second-order valence-electron chi connectivity index (χ2n) is 4.71. The lowest BCUT2D eigenvalue weighted by atomic mass is 9.97. The van der Waals surface area contributed by atoms with Crippen LogP contribution in [0.5, 0.6) is 0 Å². The van der Waals surface area contributed by atoms with Crippen molar-refractivity contribution < 1.29 is 19.4 Å². The van der Waals surface area contributed by atoms with E-state index in [9.17, 15) is 9.59 Å². The van der Waals surface area contributed by atoms with Gasteiger partial charge in [0, 0.05) is 6.04 Å². The lowest BCUT2D eigenvalue weighted by molar-refractivity contribution is -0.159. The lowest BCUT2D eigenvalue weighted by Gasteiger charge is -2.47. The fourth-order valence-corrected chi connectivity index (χ4v) is 1.73. The smallest absolute Gasteiger partial charge is 0.329 e. The highest BCUT2D eigenvalue weighted by atomic mass is 16.5. The molecule has 2 aliphatic rings. The number of urea groups is 1. The Kier molecular flexibility index (Phi) is 2.75. The monoisotopic (exact) mass is 228 g/mol. The number of carboxylic acids is 1. The summed E-state index contributed by atoms with van der Waals surface area (Å²) >= 11 is 0. The van der Waals surface area contributed by atoms with E-state index >= 15 is 0 Å². The summed E-state index contributed by atoms with van der Waals surface area (Å²) in [6.45, 7) is 2.42. The average molecular weight is 228 g/mol. The van der Waals surface area contributed by atoms with Gasteiger partial charge in [-0.05, 0) is 19.8 Å². The second-order valence-corrected chi connectivity index (χ2v) is 4.71. The van der Waals surface area contributed by atoms with Gasteiger partial charge in [0.1, 0.15) is 12.2 Å². The molecule has 1 aliphatic carbocycles. The standard InChI is InChI=1S/C10H16N2O4/c1-10(16-4-8(13)14)5-12(6-10)9(15)11-7-2-3-7/h7H,2-6H2,1H3,(H,11,15)(H,13,14).